The van der Waals surface area contributed by atoms with Crippen molar-refractivity contribution in [1.82, 2.24) is 4.57 Å². The zero-order chi connectivity index (χ0) is 21.0. The Hall–Kier alpha value is -3.77. The SMILES string of the molecule is COC(=O)Cn1c(=NC(=O)c2ccc(C#N)cc2)sc2cc(NC(C)=O)ccc21. The summed E-state index contributed by atoms with van der Waals surface area (Å²) < 4.78 is 7.08. The van der Waals surface area contributed by atoms with Gasteiger partial charge in [-0.15, -0.1) is 0 Å². The first kappa shape index (κ1) is 20.0. The highest BCUT2D eigenvalue weighted by atomic mass is 32.1. The summed E-state index contributed by atoms with van der Waals surface area (Å²) in [4.78, 5) is 40.2. The largest absolute Gasteiger partial charge is 0.468 e. The monoisotopic (exact) mass is 408 g/mol. The molecule has 1 aromatic heterocycles. The zero-order valence-corrected chi connectivity index (χ0v) is 16.4. The van der Waals surface area contributed by atoms with Crippen LogP contribution in [0.1, 0.15) is 22.8 Å². The summed E-state index contributed by atoms with van der Waals surface area (Å²) in [6.07, 6.45) is 0. The summed E-state index contributed by atoms with van der Waals surface area (Å²) in [5.74, 6) is -1.19. The van der Waals surface area contributed by atoms with E-state index in [9.17, 15) is 14.4 Å². The summed E-state index contributed by atoms with van der Waals surface area (Å²) in [6, 6.07) is 13.3. The Labute approximate surface area is 169 Å². The number of nitriles is 1. The molecule has 0 bridgehead atoms. The average molecular weight is 408 g/mol. The van der Waals surface area contributed by atoms with Gasteiger partial charge in [-0.25, -0.2) is 0 Å². The third-order valence-electron chi connectivity index (χ3n) is 3.98. The number of hydrogen-bond acceptors (Lipinski definition) is 6. The van der Waals surface area contributed by atoms with Crippen LogP contribution in [0.3, 0.4) is 0 Å². The van der Waals surface area contributed by atoms with Gasteiger partial charge in [0.2, 0.25) is 5.91 Å². The Kier molecular flexibility index (Phi) is 5.85. The summed E-state index contributed by atoms with van der Waals surface area (Å²) in [5.41, 5.74) is 2.04. The fourth-order valence-corrected chi connectivity index (χ4v) is 3.69. The molecule has 9 heteroatoms. The van der Waals surface area contributed by atoms with Gasteiger partial charge in [0.15, 0.2) is 4.80 Å². The fourth-order valence-electron chi connectivity index (χ4n) is 2.62. The van der Waals surface area contributed by atoms with Crippen molar-refractivity contribution in [2.75, 3.05) is 12.4 Å². The molecule has 0 aliphatic heterocycles. The van der Waals surface area contributed by atoms with Crippen molar-refractivity contribution in [3.8, 4) is 6.07 Å². The topological polar surface area (TPSA) is 114 Å². The first-order chi connectivity index (χ1) is 13.9. The molecule has 2 aromatic carbocycles. The van der Waals surface area contributed by atoms with Gasteiger partial charge in [0.05, 0.1) is 29.0 Å². The lowest BCUT2D eigenvalue weighted by Crippen LogP contribution is -2.22. The van der Waals surface area contributed by atoms with E-state index in [1.807, 2.05) is 6.07 Å². The molecule has 29 heavy (non-hydrogen) atoms. The van der Waals surface area contributed by atoms with Crippen molar-refractivity contribution in [3.05, 3.63) is 58.4 Å². The van der Waals surface area contributed by atoms with Crippen LogP contribution in [0, 0.1) is 11.3 Å². The second-order valence-corrected chi connectivity index (χ2v) is 7.03. The normalized spacial score (nSPS) is 11.1. The average Bonchev–Trinajstić information content (AvgIpc) is 3.03. The smallest absolute Gasteiger partial charge is 0.325 e. The summed E-state index contributed by atoms with van der Waals surface area (Å²) >= 11 is 1.21. The fraction of sp³-hybridized carbons (Fsp3) is 0.150. The lowest BCUT2D eigenvalue weighted by molar-refractivity contribution is -0.141. The van der Waals surface area contributed by atoms with Gasteiger partial charge in [-0.3, -0.25) is 14.4 Å². The minimum absolute atomic E-state index is 0.116. The second-order valence-electron chi connectivity index (χ2n) is 6.02. The van der Waals surface area contributed by atoms with E-state index in [1.54, 1.807) is 22.8 Å². The molecule has 0 fully saturated rings. The number of anilines is 1. The highest BCUT2D eigenvalue weighted by molar-refractivity contribution is 7.16. The molecule has 0 saturated carbocycles. The molecular formula is C20H16N4O4S. The van der Waals surface area contributed by atoms with Crippen molar-refractivity contribution in [1.29, 1.82) is 5.26 Å². The third kappa shape index (κ3) is 4.56. The van der Waals surface area contributed by atoms with Gasteiger partial charge < -0.3 is 14.6 Å². The molecule has 0 aliphatic carbocycles. The van der Waals surface area contributed by atoms with Crippen LogP contribution >= 0.6 is 11.3 Å². The number of fused-ring (bicyclic) bond motifs is 1. The number of nitrogens with one attached hydrogen (secondary N) is 1. The van der Waals surface area contributed by atoms with E-state index in [1.165, 1.54) is 49.6 Å². The van der Waals surface area contributed by atoms with Crippen LogP contribution in [0.4, 0.5) is 5.69 Å². The van der Waals surface area contributed by atoms with Gasteiger partial charge in [0, 0.05) is 18.2 Å². The molecule has 3 rings (SSSR count). The minimum atomic E-state index is -0.498. The van der Waals surface area contributed by atoms with Crippen LogP contribution in [-0.2, 0) is 20.9 Å². The number of hydrogen-bond donors (Lipinski definition) is 1. The maximum Gasteiger partial charge on any atom is 0.325 e. The number of aromatic nitrogens is 1. The molecule has 8 nitrogen and oxygen atoms in total. The minimum Gasteiger partial charge on any atom is -0.468 e. The van der Waals surface area contributed by atoms with E-state index in [-0.39, 0.29) is 12.5 Å². The molecule has 0 unspecified atom stereocenters. The van der Waals surface area contributed by atoms with Crippen molar-refractivity contribution in [3.63, 3.8) is 0 Å². The number of benzene rings is 2. The van der Waals surface area contributed by atoms with Gasteiger partial charge in [-0.05, 0) is 42.5 Å². The van der Waals surface area contributed by atoms with Crippen LogP contribution in [0.15, 0.2) is 47.5 Å². The molecule has 1 heterocycles. The number of methoxy groups -OCH3 is 1. The number of amides is 2. The number of ether oxygens (including phenoxy) is 1. The molecule has 3 aromatic rings. The Morgan fingerprint density at radius 3 is 2.55 bits per heavy atom. The molecule has 1 N–H and O–H groups in total. The van der Waals surface area contributed by atoms with Crippen LogP contribution in [0.25, 0.3) is 10.2 Å². The first-order valence-corrected chi connectivity index (χ1v) is 9.30. The molecular weight excluding hydrogens is 392 g/mol. The Morgan fingerprint density at radius 1 is 1.21 bits per heavy atom. The van der Waals surface area contributed by atoms with Crippen LogP contribution in [-0.4, -0.2) is 29.5 Å². The molecule has 0 saturated heterocycles. The number of rotatable bonds is 4. The molecule has 2 amide bonds. The quantitative estimate of drug-likeness (QED) is 0.666. The van der Waals surface area contributed by atoms with Gasteiger partial charge in [-0.1, -0.05) is 11.3 Å². The Bertz CT molecular complexity index is 1220. The third-order valence-corrected chi connectivity index (χ3v) is 5.02. The van der Waals surface area contributed by atoms with Crippen LogP contribution in [0.5, 0.6) is 0 Å². The Balaban J connectivity index is 2.10. The second kappa shape index (κ2) is 8.50. The number of esters is 1. The molecule has 0 spiro atoms. The van der Waals surface area contributed by atoms with E-state index in [4.69, 9.17) is 10.00 Å². The van der Waals surface area contributed by atoms with E-state index >= 15 is 0 Å². The van der Waals surface area contributed by atoms with Crippen LogP contribution < -0.4 is 10.1 Å². The highest BCUT2D eigenvalue weighted by Gasteiger charge is 2.13. The van der Waals surface area contributed by atoms with E-state index in [0.29, 0.717) is 27.1 Å². The maximum atomic E-state index is 12.6. The molecule has 0 atom stereocenters. The van der Waals surface area contributed by atoms with Crippen molar-refractivity contribution >= 4 is 45.0 Å². The summed E-state index contributed by atoms with van der Waals surface area (Å²) in [6.45, 7) is 1.29. The lowest BCUT2D eigenvalue weighted by Gasteiger charge is -2.05. The highest BCUT2D eigenvalue weighted by Crippen LogP contribution is 2.22. The lowest BCUT2D eigenvalue weighted by atomic mass is 10.1. The first-order valence-electron chi connectivity index (χ1n) is 8.48. The van der Waals surface area contributed by atoms with Gasteiger partial charge >= 0.3 is 5.97 Å². The van der Waals surface area contributed by atoms with Gasteiger partial charge in [-0.2, -0.15) is 10.3 Å². The van der Waals surface area contributed by atoms with Crippen molar-refractivity contribution < 1.29 is 19.1 Å². The zero-order valence-electron chi connectivity index (χ0n) is 15.6. The molecule has 0 radical (unpaired) electrons. The van der Waals surface area contributed by atoms with E-state index < -0.39 is 11.9 Å². The van der Waals surface area contributed by atoms with E-state index in [2.05, 4.69) is 10.3 Å². The van der Waals surface area contributed by atoms with E-state index in [0.717, 1.165) is 4.70 Å². The molecule has 0 aliphatic rings. The Morgan fingerprint density at radius 2 is 1.93 bits per heavy atom. The van der Waals surface area contributed by atoms with Crippen molar-refractivity contribution in [2.45, 2.75) is 13.5 Å². The number of thiazole rings is 1. The standard InChI is InChI=1S/C20H16N4O4S/c1-12(25)22-15-7-8-16-17(9-15)29-20(24(16)11-18(26)28-2)23-19(27)14-5-3-13(10-21)4-6-14/h3-9H,11H2,1-2H3,(H,22,25). The van der Waals surface area contributed by atoms with Gasteiger partial charge in [0.1, 0.15) is 6.54 Å². The van der Waals surface area contributed by atoms with Crippen molar-refractivity contribution in [2.24, 2.45) is 4.99 Å². The maximum absolute atomic E-state index is 12.6. The molecule has 146 valence electrons. The predicted molar refractivity (Wildman–Crippen MR) is 107 cm³/mol. The van der Waals surface area contributed by atoms with Gasteiger partial charge in [0.25, 0.3) is 5.91 Å². The summed E-state index contributed by atoms with van der Waals surface area (Å²) in [7, 11) is 1.28. The number of carbonyl (C=O) groups excluding carboxylic acids is 3. The number of nitrogens with zero attached hydrogens (tertiary/aromatic N) is 3. The number of carbonyl (C=O) groups is 3. The van der Waals surface area contributed by atoms with Crippen LogP contribution in [0.2, 0.25) is 0 Å². The predicted octanol–water partition coefficient (Wildman–Crippen LogP) is 2.45. The summed E-state index contributed by atoms with van der Waals surface area (Å²) in [5, 5.41) is 11.6.